The molecule has 2 amide bonds. The second-order valence-corrected chi connectivity index (χ2v) is 5.25. The zero-order valence-electron chi connectivity index (χ0n) is 13.4. The van der Waals surface area contributed by atoms with E-state index in [0.29, 0.717) is 22.6 Å². The van der Waals surface area contributed by atoms with Gasteiger partial charge in [-0.15, -0.1) is 0 Å². The monoisotopic (exact) mass is 323 g/mol. The molecule has 0 aromatic heterocycles. The van der Waals surface area contributed by atoms with Gasteiger partial charge in [0.25, 0.3) is 11.8 Å². The zero-order valence-corrected chi connectivity index (χ0v) is 13.4. The summed E-state index contributed by atoms with van der Waals surface area (Å²) < 4.78 is 5.35. The van der Waals surface area contributed by atoms with E-state index in [4.69, 9.17) is 10.00 Å². The third-order valence-electron chi connectivity index (χ3n) is 3.15. The van der Waals surface area contributed by atoms with Crippen LogP contribution < -0.4 is 10.1 Å². The highest BCUT2D eigenvalue weighted by Gasteiger charge is 2.08. The first kappa shape index (κ1) is 17.0. The minimum atomic E-state index is -0.330. The van der Waals surface area contributed by atoms with Crippen LogP contribution >= 0.6 is 0 Å². The van der Waals surface area contributed by atoms with E-state index in [1.807, 2.05) is 6.07 Å². The first-order valence-electron chi connectivity index (χ1n) is 7.24. The van der Waals surface area contributed by atoms with E-state index in [2.05, 4.69) is 5.32 Å². The van der Waals surface area contributed by atoms with E-state index < -0.39 is 0 Å². The first-order chi connectivity index (χ1) is 11.5. The zero-order chi connectivity index (χ0) is 17.5. The predicted octanol–water partition coefficient (Wildman–Crippen LogP) is 2.28. The molecule has 122 valence electrons. The fraction of sp³-hybridized carbons (Fsp3) is 0.167. The Morgan fingerprint density at radius 2 is 1.88 bits per heavy atom. The maximum atomic E-state index is 11.9. The van der Waals surface area contributed by atoms with E-state index in [1.54, 1.807) is 62.6 Å². The lowest BCUT2D eigenvalue weighted by Gasteiger charge is -2.11. The van der Waals surface area contributed by atoms with Crippen molar-refractivity contribution >= 4 is 17.5 Å². The third-order valence-corrected chi connectivity index (χ3v) is 3.15. The van der Waals surface area contributed by atoms with Crippen LogP contribution in [0.5, 0.6) is 5.75 Å². The lowest BCUT2D eigenvalue weighted by Crippen LogP contribution is -2.22. The van der Waals surface area contributed by atoms with Gasteiger partial charge >= 0.3 is 0 Å². The molecule has 2 aromatic carbocycles. The minimum Gasteiger partial charge on any atom is -0.484 e. The number of amides is 2. The Labute approximate surface area is 140 Å². The normalized spacial score (nSPS) is 9.71. The van der Waals surface area contributed by atoms with Gasteiger partial charge in [0.05, 0.1) is 11.6 Å². The van der Waals surface area contributed by atoms with E-state index in [9.17, 15) is 9.59 Å². The van der Waals surface area contributed by atoms with Crippen molar-refractivity contribution in [1.29, 1.82) is 5.26 Å². The quantitative estimate of drug-likeness (QED) is 0.915. The second kappa shape index (κ2) is 7.79. The SMILES string of the molecule is CN(C)C(=O)c1ccc(NC(=O)COc2cccc(C#N)c2)cc1. The third kappa shape index (κ3) is 4.58. The molecule has 0 aliphatic heterocycles. The van der Waals surface area contributed by atoms with Gasteiger partial charge in [-0.3, -0.25) is 9.59 Å². The highest BCUT2D eigenvalue weighted by molar-refractivity contribution is 5.95. The van der Waals surface area contributed by atoms with Crippen LogP contribution in [0.25, 0.3) is 0 Å². The molecule has 2 rings (SSSR count). The highest BCUT2D eigenvalue weighted by Crippen LogP contribution is 2.13. The minimum absolute atomic E-state index is 0.103. The van der Waals surface area contributed by atoms with Crippen molar-refractivity contribution < 1.29 is 14.3 Å². The Morgan fingerprint density at radius 3 is 2.50 bits per heavy atom. The lowest BCUT2D eigenvalue weighted by atomic mass is 10.2. The molecular weight excluding hydrogens is 306 g/mol. The topological polar surface area (TPSA) is 82.4 Å². The Morgan fingerprint density at radius 1 is 1.17 bits per heavy atom. The number of carbonyl (C=O) groups excluding carboxylic acids is 2. The van der Waals surface area contributed by atoms with Crippen LogP contribution in [0.4, 0.5) is 5.69 Å². The fourth-order valence-corrected chi connectivity index (χ4v) is 1.96. The van der Waals surface area contributed by atoms with Crippen LogP contribution in [0.3, 0.4) is 0 Å². The maximum absolute atomic E-state index is 11.9. The summed E-state index contributed by atoms with van der Waals surface area (Å²) in [6.07, 6.45) is 0. The van der Waals surface area contributed by atoms with Crippen molar-refractivity contribution in [3.8, 4) is 11.8 Å². The first-order valence-corrected chi connectivity index (χ1v) is 7.24. The Hall–Kier alpha value is -3.33. The van der Waals surface area contributed by atoms with Crippen molar-refractivity contribution in [1.82, 2.24) is 4.90 Å². The Bertz CT molecular complexity index is 777. The summed E-state index contributed by atoms with van der Waals surface area (Å²) in [5.41, 5.74) is 1.58. The molecule has 6 heteroatoms. The molecule has 0 heterocycles. The van der Waals surface area contributed by atoms with Gasteiger partial charge in [-0.1, -0.05) is 6.07 Å². The number of nitriles is 1. The maximum Gasteiger partial charge on any atom is 0.262 e. The molecule has 0 bridgehead atoms. The highest BCUT2D eigenvalue weighted by atomic mass is 16.5. The number of rotatable bonds is 5. The summed E-state index contributed by atoms with van der Waals surface area (Å²) in [5, 5.41) is 11.5. The summed E-state index contributed by atoms with van der Waals surface area (Å²) in [6.45, 7) is -0.173. The number of nitrogens with one attached hydrogen (secondary N) is 1. The molecule has 0 saturated carbocycles. The lowest BCUT2D eigenvalue weighted by molar-refractivity contribution is -0.118. The van der Waals surface area contributed by atoms with Gasteiger partial charge < -0.3 is 15.0 Å². The van der Waals surface area contributed by atoms with E-state index in [1.165, 1.54) is 4.90 Å². The van der Waals surface area contributed by atoms with Crippen LogP contribution in [-0.2, 0) is 4.79 Å². The van der Waals surface area contributed by atoms with Crippen LogP contribution in [0.15, 0.2) is 48.5 Å². The van der Waals surface area contributed by atoms with Gasteiger partial charge in [0.2, 0.25) is 0 Å². The molecule has 2 aromatic rings. The molecule has 0 radical (unpaired) electrons. The number of anilines is 1. The molecule has 6 nitrogen and oxygen atoms in total. The number of carbonyl (C=O) groups is 2. The summed E-state index contributed by atoms with van der Waals surface area (Å²) in [6, 6.07) is 15.2. The second-order valence-electron chi connectivity index (χ2n) is 5.25. The number of nitrogens with zero attached hydrogens (tertiary/aromatic N) is 2. The van der Waals surface area contributed by atoms with E-state index in [0.717, 1.165) is 0 Å². The van der Waals surface area contributed by atoms with Crippen molar-refractivity contribution in [3.05, 3.63) is 59.7 Å². The summed E-state index contributed by atoms with van der Waals surface area (Å²) in [4.78, 5) is 25.2. The molecule has 0 aliphatic carbocycles. The fourth-order valence-electron chi connectivity index (χ4n) is 1.96. The largest absolute Gasteiger partial charge is 0.484 e. The smallest absolute Gasteiger partial charge is 0.262 e. The molecule has 0 atom stereocenters. The summed E-state index contributed by atoms with van der Waals surface area (Å²) >= 11 is 0. The van der Waals surface area contributed by atoms with Crippen LogP contribution in [0.1, 0.15) is 15.9 Å². The van der Waals surface area contributed by atoms with Crippen molar-refractivity contribution in [2.45, 2.75) is 0 Å². The van der Waals surface area contributed by atoms with Gasteiger partial charge in [0.1, 0.15) is 5.75 Å². The Kier molecular flexibility index (Phi) is 5.53. The summed E-state index contributed by atoms with van der Waals surface area (Å²) in [5.74, 6) is 0.0220. The average Bonchev–Trinajstić information content (AvgIpc) is 2.60. The van der Waals surface area contributed by atoms with Gasteiger partial charge in [-0.25, -0.2) is 0 Å². The number of hydrogen-bond donors (Lipinski definition) is 1. The molecule has 0 unspecified atom stereocenters. The molecule has 0 fully saturated rings. The Balaban J connectivity index is 1.90. The number of benzene rings is 2. The number of hydrogen-bond acceptors (Lipinski definition) is 4. The van der Waals surface area contributed by atoms with E-state index in [-0.39, 0.29) is 18.4 Å². The molecule has 1 N–H and O–H groups in total. The van der Waals surface area contributed by atoms with Crippen molar-refractivity contribution in [2.24, 2.45) is 0 Å². The molecule has 0 spiro atoms. The molecule has 0 saturated heterocycles. The standard InChI is InChI=1S/C18H17N3O3/c1-21(2)18(23)14-6-8-15(9-7-14)20-17(22)12-24-16-5-3-4-13(10-16)11-19/h3-10H,12H2,1-2H3,(H,20,22). The van der Waals surface area contributed by atoms with Crippen LogP contribution in [0, 0.1) is 11.3 Å². The average molecular weight is 323 g/mol. The van der Waals surface area contributed by atoms with E-state index >= 15 is 0 Å². The van der Waals surface area contributed by atoms with Gasteiger partial charge in [-0.05, 0) is 42.5 Å². The van der Waals surface area contributed by atoms with Crippen LogP contribution in [-0.4, -0.2) is 37.4 Å². The molecule has 0 aliphatic rings. The predicted molar refractivity (Wildman–Crippen MR) is 89.7 cm³/mol. The number of ether oxygens (including phenoxy) is 1. The van der Waals surface area contributed by atoms with Gasteiger partial charge in [-0.2, -0.15) is 5.26 Å². The van der Waals surface area contributed by atoms with Crippen molar-refractivity contribution in [2.75, 3.05) is 26.0 Å². The van der Waals surface area contributed by atoms with Crippen molar-refractivity contribution in [3.63, 3.8) is 0 Å². The molecule has 24 heavy (non-hydrogen) atoms. The van der Waals surface area contributed by atoms with Gasteiger partial charge in [0, 0.05) is 25.3 Å². The summed E-state index contributed by atoms with van der Waals surface area (Å²) in [7, 11) is 3.35. The van der Waals surface area contributed by atoms with Gasteiger partial charge in [0.15, 0.2) is 6.61 Å². The van der Waals surface area contributed by atoms with Crippen LogP contribution in [0.2, 0.25) is 0 Å². The molecular formula is C18H17N3O3.